The van der Waals surface area contributed by atoms with E-state index < -0.39 is 43.6 Å². The van der Waals surface area contributed by atoms with Gasteiger partial charge in [-0.25, -0.2) is 8.78 Å². The van der Waals surface area contributed by atoms with Gasteiger partial charge in [0.05, 0.1) is 20.6 Å². The average Bonchev–Trinajstić information content (AvgIpc) is 2.75. The van der Waals surface area contributed by atoms with Crippen LogP contribution in [0.4, 0.5) is 8.78 Å². The fourth-order valence-electron chi connectivity index (χ4n) is 5.44. The first-order valence-electron chi connectivity index (χ1n) is 12.7. The number of carbonyl (C=O) groups excluding carboxylic acids is 2. The second-order valence-electron chi connectivity index (χ2n) is 11.0. The molecule has 0 bridgehead atoms. The van der Waals surface area contributed by atoms with E-state index in [1.54, 1.807) is 12.1 Å². The molecule has 0 saturated heterocycles. The average molecular weight is 530 g/mol. The number of carboxylic acids is 1. The van der Waals surface area contributed by atoms with Gasteiger partial charge in [0.25, 0.3) is 0 Å². The third-order valence-electron chi connectivity index (χ3n) is 7.31. The number of ketones is 1. The zero-order valence-electron chi connectivity index (χ0n) is 21.6. The summed E-state index contributed by atoms with van der Waals surface area (Å²) in [5.74, 6) is -3.13. The van der Waals surface area contributed by atoms with Crippen LogP contribution in [0, 0.1) is 23.5 Å². The number of Topliss-reactive ketones (excluding diaryl/α,β-unsaturated/α-hetero) is 1. The number of fused-ring (bicyclic) bond motifs is 1. The lowest BCUT2D eigenvalue weighted by Gasteiger charge is -2.41. The summed E-state index contributed by atoms with van der Waals surface area (Å²) in [6, 6.07) is 6.94. The maximum Gasteiger partial charge on any atom is 0.306 e. The Morgan fingerprint density at radius 1 is 1.05 bits per heavy atom. The first-order chi connectivity index (χ1) is 17.4. The van der Waals surface area contributed by atoms with Crippen molar-refractivity contribution in [2.75, 3.05) is 13.2 Å². The lowest BCUT2D eigenvalue weighted by atomic mass is 9.73. The van der Waals surface area contributed by atoms with Gasteiger partial charge in [0.15, 0.2) is 5.78 Å². The molecule has 0 radical (unpaired) electrons. The van der Waals surface area contributed by atoms with Gasteiger partial charge < -0.3 is 14.7 Å². The fourth-order valence-corrected chi connectivity index (χ4v) is 7.02. The molecule has 6 nitrogen and oxygen atoms in total. The molecule has 1 aliphatic carbocycles. The van der Waals surface area contributed by atoms with Crippen LogP contribution in [0.2, 0.25) is 19.6 Å². The van der Waals surface area contributed by atoms with E-state index >= 15 is 0 Å². The Balaban J connectivity index is 1.65. The second kappa shape index (κ2) is 10.4. The number of nitrogens with zero attached hydrogens (tertiary/aromatic N) is 1. The number of halogens is 2. The standard InChI is InChI=1S/C28H33F2NO5Si/c1-5-36-20-6-7-21-17(15-20)8-9-31(27(33)18-13-19(14-18)28(34)35)25(21)24(32)12-16-10-22(29)26(23(30)11-16)37(2,3)4/h6-7,10-11,15,18-19,25H,5,8-9,12-14H2,1-4H3,(H,34,35)/t18?,19?,25-/m1/s1. The minimum absolute atomic E-state index is 0.102. The van der Waals surface area contributed by atoms with E-state index in [0.717, 1.165) is 5.56 Å². The maximum absolute atomic E-state index is 14.9. The maximum atomic E-state index is 14.9. The molecule has 1 heterocycles. The highest BCUT2D eigenvalue weighted by Gasteiger charge is 2.44. The van der Waals surface area contributed by atoms with Crippen molar-refractivity contribution in [2.45, 2.75) is 58.3 Å². The zero-order valence-corrected chi connectivity index (χ0v) is 22.6. The molecule has 0 spiro atoms. The fraction of sp³-hybridized carbons (Fsp3) is 0.464. The van der Waals surface area contributed by atoms with Crippen molar-refractivity contribution in [2.24, 2.45) is 11.8 Å². The number of rotatable bonds is 8. The van der Waals surface area contributed by atoms with Crippen LogP contribution in [-0.4, -0.2) is 48.9 Å². The minimum atomic E-state index is -2.27. The van der Waals surface area contributed by atoms with Gasteiger partial charge in [0, 0.05) is 24.1 Å². The van der Waals surface area contributed by atoms with Gasteiger partial charge in [-0.3, -0.25) is 14.4 Å². The summed E-state index contributed by atoms with van der Waals surface area (Å²) in [6.07, 6.45) is 0.783. The molecule has 2 aromatic carbocycles. The smallest absolute Gasteiger partial charge is 0.306 e. The van der Waals surface area contributed by atoms with Gasteiger partial charge in [-0.2, -0.15) is 0 Å². The number of ether oxygens (including phenoxy) is 1. The summed E-state index contributed by atoms with van der Waals surface area (Å²) < 4.78 is 35.4. The van der Waals surface area contributed by atoms with E-state index in [9.17, 15) is 28.3 Å². The number of benzene rings is 2. The van der Waals surface area contributed by atoms with Crippen molar-refractivity contribution in [3.63, 3.8) is 0 Å². The molecule has 4 rings (SSSR count). The first-order valence-corrected chi connectivity index (χ1v) is 16.2. The summed E-state index contributed by atoms with van der Waals surface area (Å²) >= 11 is 0. The Bertz CT molecular complexity index is 1210. The highest BCUT2D eigenvalue weighted by molar-refractivity contribution is 6.88. The van der Waals surface area contributed by atoms with Crippen LogP contribution in [0.15, 0.2) is 30.3 Å². The van der Waals surface area contributed by atoms with Gasteiger partial charge in [0.1, 0.15) is 23.4 Å². The number of hydrogen-bond acceptors (Lipinski definition) is 4. The summed E-state index contributed by atoms with van der Waals surface area (Å²) in [4.78, 5) is 39.9. The Labute approximate surface area is 216 Å². The predicted octanol–water partition coefficient (Wildman–Crippen LogP) is 4.26. The predicted molar refractivity (Wildman–Crippen MR) is 138 cm³/mol. The van der Waals surface area contributed by atoms with Crippen LogP contribution < -0.4 is 9.92 Å². The van der Waals surface area contributed by atoms with Crippen molar-refractivity contribution < 1.29 is 33.0 Å². The molecule has 1 aliphatic heterocycles. The molecule has 37 heavy (non-hydrogen) atoms. The van der Waals surface area contributed by atoms with Crippen LogP contribution in [0.25, 0.3) is 0 Å². The quantitative estimate of drug-likeness (QED) is 0.517. The van der Waals surface area contributed by atoms with Gasteiger partial charge in [-0.05, 0) is 67.1 Å². The molecule has 1 saturated carbocycles. The first kappa shape index (κ1) is 27.0. The Morgan fingerprint density at radius 2 is 1.70 bits per heavy atom. The van der Waals surface area contributed by atoms with E-state index in [1.165, 1.54) is 17.0 Å². The Kier molecular flexibility index (Phi) is 7.55. The molecule has 1 atom stereocenters. The van der Waals surface area contributed by atoms with Gasteiger partial charge in [-0.1, -0.05) is 25.7 Å². The highest BCUT2D eigenvalue weighted by Crippen LogP contribution is 2.40. The van der Waals surface area contributed by atoms with Crippen molar-refractivity contribution in [3.05, 3.63) is 58.7 Å². The molecule has 198 valence electrons. The largest absolute Gasteiger partial charge is 0.494 e. The summed E-state index contributed by atoms with van der Waals surface area (Å²) in [7, 11) is -2.27. The molecule has 1 fully saturated rings. The lowest BCUT2D eigenvalue weighted by molar-refractivity contribution is -0.154. The minimum Gasteiger partial charge on any atom is -0.494 e. The van der Waals surface area contributed by atoms with E-state index in [0.29, 0.717) is 30.9 Å². The Morgan fingerprint density at radius 3 is 2.27 bits per heavy atom. The molecule has 1 amide bonds. The summed E-state index contributed by atoms with van der Waals surface area (Å²) in [6.45, 7) is 8.22. The number of amides is 1. The van der Waals surface area contributed by atoms with E-state index in [1.807, 2.05) is 32.6 Å². The van der Waals surface area contributed by atoms with E-state index in [4.69, 9.17) is 4.74 Å². The molecule has 0 aromatic heterocycles. The summed E-state index contributed by atoms with van der Waals surface area (Å²) in [5.41, 5.74) is 1.78. The normalized spacial score (nSPS) is 21.1. The molecular weight excluding hydrogens is 496 g/mol. The van der Waals surface area contributed by atoms with Crippen LogP contribution in [-0.2, 0) is 27.2 Å². The number of carboxylic acid groups (broad SMARTS) is 1. The van der Waals surface area contributed by atoms with Crippen LogP contribution >= 0.6 is 0 Å². The van der Waals surface area contributed by atoms with Crippen molar-refractivity contribution >= 4 is 30.9 Å². The molecule has 9 heteroatoms. The molecule has 1 N–H and O–H groups in total. The number of aliphatic carboxylic acids is 1. The van der Waals surface area contributed by atoms with Crippen LogP contribution in [0.1, 0.15) is 42.5 Å². The van der Waals surface area contributed by atoms with E-state index in [-0.39, 0.29) is 41.7 Å². The van der Waals surface area contributed by atoms with Gasteiger partial charge >= 0.3 is 5.97 Å². The molecule has 2 aliphatic rings. The molecular formula is C28H33F2NO5Si. The lowest BCUT2D eigenvalue weighted by Crippen LogP contribution is -2.49. The van der Waals surface area contributed by atoms with E-state index in [2.05, 4.69) is 0 Å². The third-order valence-corrected chi connectivity index (χ3v) is 9.29. The Hall–Kier alpha value is -3.07. The van der Waals surface area contributed by atoms with Gasteiger partial charge in [-0.15, -0.1) is 0 Å². The van der Waals surface area contributed by atoms with Crippen LogP contribution in [0.5, 0.6) is 5.75 Å². The topological polar surface area (TPSA) is 83.9 Å². The second-order valence-corrected chi connectivity index (χ2v) is 16.0. The van der Waals surface area contributed by atoms with Crippen molar-refractivity contribution in [1.29, 1.82) is 0 Å². The van der Waals surface area contributed by atoms with Crippen LogP contribution in [0.3, 0.4) is 0 Å². The monoisotopic (exact) mass is 529 g/mol. The molecule has 0 unspecified atom stereocenters. The summed E-state index contributed by atoms with van der Waals surface area (Å²) in [5, 5.41) is 9.31. The number of carbonyl (C=O) groups is 3. The van der Waals surface area contributed by atoms with Crippen molar-refractivity contribution in [3.8, 4) is 5.75 Å². The van der Waals surface area contributed by atoms with Crippen molar-refractivity contribution in [1.82, 2.24) is 4.90 Å². The molecule has 2 aromatic rings. The zero-order chi connectivity index (χ0) is 27.1. The SMILES string of the molecule is CCOc1ccc2c(c1)CCN(C(=O)C1CC(C(=O)O)C1)[C@H]2C(=O)Cc1cc(F)c([Si](C)(C)C)c(F)c1. The number of hydrogen-bond donors (Lipinski definition) is 1. The van der Waals surface area contributed by atoms with Gasteiger partial charge in [0.2, 0.25) is 5.91 Å². The third kappa shape index (κ3) is 5.46. The highest BCUT2D eigenvalue weighted by atomic mass is 28.3.